The largest absolute Gasteiger partial charge is 0.375 e. The second kappa shape index (κ2) is 3.96. The molecule has 5 unspecified atom stereocenters. The summed E-state index contributed by atoms with van der Waals surface area (Å²) in [6, 6.07) is 0. The van der Waals surface area contributed by atoms with Gasteiger partial charge < -0.3 is 14.2 Å². The third-order valence-corrected chi connectivity index (χ3v) is 4.42. The van der Waals surface area contributed by atoms with Crippen LogP contribution in [0.25, 0.3) is 0 Å². The van der Waals surface area contributed by atoms with Crippen LogP contribution >= 0.6 is 9.24 Å². The molecular formula is C11H19O3P. The Morgan fingerprint density at radius 2 is 2.27 bits per heavy atom. The second-order valence-corrected chi connectivity index (χ2v) is 5.30. The summed E-state index contributed by atoms with van der Waals surface area (Å²) in [5.41, 5.74) is 0. The van der Waals surface area contributed by atoms with Crippen molar-refractivity contribution >= 4 is 9.24 Å². The van der Waals surface area contributed by atoms with Gasteiger partial charge in [0.25, 0.3) is 0 Å². The molecule has 0 saturated carbocycles. The molecule has 3 saturated heterocycles. The average molecular weight is 230 g/mol. The van der Waals surface area contributed by atoms with E-state index in [1.807, 2.05) is 0 Å². The zero-order valence-corrected chi connectivity index (χ0v) is 10.1. The molecule has 0 aromatic heterocycles. The van der Waals surface area contributed by atoms with Crippen molar-refractivity contribution in [1.29, 1.82) is 0 Å². The molecule has 0 aromatic carbocycles. The monoisotopic (exact) mass is 230 g/mol. The number of hydrogen-bond donors (Lipinski definition) is 0. The molecule has 0 aliphatic carbocycles. The Balaban J connectivity index is 1.70. The van der Waals surface area contributed by atoms with Crippen LogP contribution in [0.4, 0.5) is 0 Å². The summed E-state index contributed by atoms with van der Waals surface area (Å²) in [5, 5.41) is 0. The molecule has 15 heavy (non-hydrogen) atoms. The minimum atomic E-state index is -0.236. The van der Waals surface area contributed by atoms with Crippen molar-refractivity contribution in [3.63, 3.8) is 0 Å². The zero-order chi connectivity index (χ0) is 10.3. The molecule has 3 fully saturated rings. The fraction of sp³-hybridized carbons (Fsp3) is 1.00. The van der Waals surface area contributed by atoms with Crippen molar-refractivity contribution in [2.75, 3.05) is 19.4 Å². The molecule has 0 radical (unpaired) electrons. The van der Waals surface area contributed by atoms with Gasteiger partial charge in [-0.2, -0.15) is 0 Å². The normalized spacial score (nSPS) is 49.8. The van der Waals surface area contributed by atoms with Crippen LogP contribution in [-0.4, -0.2) is 37.4 Å². The van der Waals surface area contributed by atoms with E-state index in [1.165, 1.54) is 6.42 Å². The van der Waals surface area contributed by atoms with Crippen LogP contribution in [0.3, 0.4) is 0 Å². The molecule has 3 nitrogen and oxygen atoms in total. The van der Waals surface area contributed by atoms with Crippen molar-refractivity contribution in [3.05, 3.63) is 0 Å². The highest BCUT2D eigenvalue weighted by molar-refractivity contribution is 7.16. The first kappa shape index (κ1) is 10.5. The van der Waals surface area contributed by atoms with Gasteiger partial charge in [0.15, 0.2) is 5.79 Å². The van der Waals surface area contributed by atoms with Crippen LogP contribution in [-0.2, 0) is 14.2 Å². The molecule has 0 aromatic rings. The predicted octanol–water partition coefficient (Wildman–Crippen LogP) is 1.56. The quantitative estimate of drug-likeness (QED) is 0.640. The van der Waals surface area contributed by atoms with Crippen molar-refractivity contribution < 1.29 is 14.2 Å². The highest BCUT2D eigenvalue weighted by atomic mass is 31.0. The maximum absolute atomic E-state index is 6.13. The van der Waals surface area contributed by atoms with Crippen molar-refractivity contribution in [2.45, 2.75) is 43.7 Å². The lowest BCUT2D eigenvalue weighted by Gasteiger charge is -2.39. The summed E-state index contributed by atoms with van der Waals surface area (Å²) < 4.78 is 17.7. The van der Waals surface area contributed by atoms with Gasteiger partial charge in [0.05, 0.1) is 25.4 Å². The van der Waals surface area contributed by atoms with Crippen LogP contribution in [0.2, 0.25) is 0 Å². The van der Waals surface area contributed by atoms with Crippen LogP contribution in [0.1, 0.15) is 25.7 Å². The molecule has 3 rings (SSSR count). The number of hydrogen-bond acceptors (Lipinski definition) is 3. The lowest BCUT2D eigenvalue weighted by Crippen LogP contribution is -2.45. The fourth-order valence-corrected chi connectivity index (χ4v) is 3.61. The van der Waals surface area contributed by atoms with Gasteiger partial charge in [0.1, 0.15) is 0 Å². The maximum Gasteiger partial charge on any atom is 0.168 e. The molecule has 86 valence electrons. The summed E-state index contributed by atoms with van der Waals surface area (Å²) in [7, 11) is 2.78. The molecule has 5 atom stereocenters. The van der Waals surface area contributed by atoms with Crippen LogP contribution < -0.4 is 0 Å². The van der Waals surface area contributed by atoms with Gasteiger partial charge in [0.2, 0.25) is 0 Å². The number of fused-ring (bicyclic) bond motifs is 1. The lowest BCUT2D eigenvalue weighted by atomic mass is 9.87. The van der Waals surface area contributed by atoms with Gasteiger partial charge in [-0.3, -0.25) is 0 Å². The highest BCUT2D eigenvalue weighted by Gasteiger charge is 2.49. The van der Waals surface area contributed by atoms with E-state index in [0.717, 1.165) is 38.6 Å². The minimum absolute atomic E-state index is 0.236. The third-order valence-electron chi connectivity index (χ3n) is 3.95. The van der Waals surface area contributed by atoms with E-state index in [9.17, 15) is 0 Å². The summed E-state index contributed by atoms with van der Waals surface area (Å²) in [6.07, 6.45) is 6.16. The van der Waals surface area contributed by atoms with Gasteiger partial charge in [-0.1, -0.05) is 0 Å². The smallest absolute Gasteiger partial charge is 0.168 e. The first-order valence-corrected chi connectivity index (χ1v) is 6.78. The predicted molar refractivity (Wildman–Crippen MR) is 59.8 cm³/mol. The van der Waals surface area contributed by atoms with Crippen molar-refractivity contribution in [1.82, 2.24) is 0 Å². The molecule has 0 amide bonds. The van der Waals surface area contributed by atoms with Gasteiger partial charge in [-0.05, 0) is 19.0 Å². The van der Waals surface area contributed by atoms with Gasteiger partial charge in [-0.25, -0.2) is 0 Å². The van der Waals surface area contributed by atoms with E-state index in [1.54, 1.807) is 0 Å². The summed E-state index contributed by atoms with van der Waals surface area (Å²) in [4.78, 5) is 0. The first-order chi connectivity index (χ1) is 7.33. The molecule has 3 aliphatic rings. The Hall–Kier alpha value is 0.310. The van der Waals surface area contributed by atoms with Crippen molar-refractivity contribution in [2.24, 2.45) is 5.92 Å². The topological polar surface area (TPSA) is 27.7 Å². The molecule has 3 heterocycles. The van der Waals surface area contributed by atoms with Crippen molar-refractivity contribution in [3.8, 4) is 0 Å². The Labute approximate surface area is 93.0 Å². The zero-order valence-electron chi connectivity index (χ0n) is 8.98. The Bertz CT molecular complexity index is 240. The molecule has 0 bridgehead atoms. The maximum atomic E-state index is 6.13. The van der Waals surface area contributed by atoms with E-state index in [4.69, 9.17) is 14.2 Å². The van der Waals surface area contributed by atoms with Gasteiger partial charge in [-0.15, -0.1) is 9.24 Å². The molecule has 4 heteroatoms. The van der Waals surface area contributed by atoms with Crippen LogP contribution in [0, 0.1) is 5.92 Å². The van der Waals surface area contributed by atoms with Gasteiger partial charge in [0, 0.05) is 18.8 Å². The molecule has 3 aliphatic heterocycles. The van der Waals surface area contributed by atoms with E-state index < -0.39 is 0 Å². The fourth-order valence-electron chi connectivity index (χ4n) is 3.12. The highest BCUT2D eigenvalue weighted by Crippen LogP contribution is 2.44. The minimum Gasteiger partial charge on any atom is -0.375 e. The lowest BCUT2D eigenvalue weighted by molar-refractivity contribution is -0.264. The van der Waals surface area contributed by atoms with Gasteiger partial charge >= 0.3 is 0 Å². The standard InChI is InChI=1S/C11H19O3P/c15-7-10-8-2-4-11(3-1-5-13-11)14-9(8)6-12-10/h8-10H,1-7,15H2. The summed E-state index contributed by atoms with van der Waals surface area (Å²) in [6.45, 7) is 1.63. The van der Waals surface area contributed by atoms with Crippen LogP contribution in [0.15, 0.2) is 0 Å². The third kappa shape index (κ3) is 1.74. The Kier molecular flexibility index (Phi) is 2.76. The van der Waals surface area contributed by atoms with E-state index in [0.29, 0.717) is 12.0 Å². The number of rotatable bonds is 1. The molecule has 0 N–H and O–H groups in total. The van der Waals surface area contributed by atoms with Crippen LogP contribution in [0.5, 0.6) is 0 Å². The van der Waals surface area contributed by atoms with E-state index in [2.05, 4.69) is 9.24 Å². The molecular weight excluding hydrogens is 211 g/mol. The first-order valence-electron chi connectivity index (χ1n) is 5.96. The Morgan fingerprint density at radius 1 is 1.33 bits per heavy atom. The summed E-state index contributed by atoms with van der Waals surface area (Å²) in [5.74, 6) is 0.359. The average Bonchev–Trinajstić information content (AvgIpc) is 2.85. The molecule has 1 spiro atoms. The Morgan fingerprint density at radius 3 is 3.00 bits per heavy atom. The number of ether oxygens (including phenoxy) is 3. The van der Waals surface area contributed by atoms with E-state index >= 15 is 0 Å². The second-order valence-electron chi connectivity index (χ2n) is 4.83. The SMILES string of the molecule is PCC1OCC2OC3(CCCO3)CCC12. The summed E-state index contributed by atoms with van der Waals surface area (Å²) >= 11 is 0. The van der Waals surface area contributed by atoms with E-state index in [-0.39, 0.29) is 11.9 Å².